The van der Waals surface area contributed by atoms with E-state index in [1.165, 1.54) is 186 Å². The summed E-state index contributed by atoms with van der Waals surface area (Å²) in [6, 6.07) is 0. The van der Waals surface area contributed by atoms with Crippen molar-refractivity contribution in [2.75, 3.05) is 39.6 Å². The number of aliphatic hydroxyl groups is 1. The van der Waals surface area contributed by atoms with Crippen molar-refractivity contribution in [2.24, 2.45) is 0 Å². The molecule has 19 heteroatoms. The van der Waals surface area contributed by atoms with E-state index in [1.807, 2.05) is 12.2 Å². The van der Waals surface area contributed by atoms with Crippen LogP contribution in [0.1, 0.15) is 374 Å². The zero-order valence-electron chi connectivity index (χ0n) is 65.0. The van der Waals surface area contributed by atoms with E-state index < -0.39 is 97.5 Å². The lowest BCUT2D eigenvalue weighted by molar-refractivity contribution is -0.161. The van der Waals surface area contributed by atoms with Crippen molar-refractivity contribution >= 4 is 39.5 Å². The Bertz CT molecular complexity index is 2210. The summed E-state index contributed by atoms with van der Waals surface area (Å²) in [6.07, 6.45) is 77.4. The topological polar surface area (TPSA) is 237 Å². The zero-order valence-corrected chi connectivity index (χ0v) is 66.8. The molecular weight excluding hydrogens is 1330 g/mol. The van der Waals surface area contributed by atoms with E-state index >= 15 is 0 Å². The lowest BCUT2D eigenvalue weighted by Gasteiger charge is -2.21. The number of allylic oxidation sites excluding steroid dienone is 12. The Hall–Kier alpha value is -3.50. The van der Waals surface area contributed by atoms with Crippen LogP contribution >= 0.6 is 15.6 Å². The second-order valence-corrected chi connectivity index (χ2v) is 30.6. The highest BCUT2D eigenvalue weighted by Crippen LogP contribution is 2.45. The molecule has 0 aromatic heterocycles. The number of hydrogen-bond acceptors (Lipinski definition) is 15. The van der Waals surface area contributed by atoms with Crippen molar-refractivity contribution < 1.29 is 80.2 Å². The molecule has 0 spiro atoms. The second kappa shape index (κ2) is 75.7. The van der Waals surface area contributed by atoms with E-state index in [0.29, 0.717) is 32.1 Å². The minimum Gasteiger partial charge on any atom is -0.462 e. The first-order valence-corrected chi connectivity index (χ1v) is 44.2. The van der Waals surface area contributed by atoms with Gasteiger partial charge in [-0.15, -0.1) is 0 Å². The van der Waals surface area contributed by atoms with E-state index in [-0.39, 0.29) is 25.7 Å². The molecule has 0 radical (unpaired) electrons. The lowest BCUT2D eigenvalue weighted by Crippen LogP contribution is -2.30. The minimum absolute atomic E-state index is 0.0405. The summed E-state index contributed by atoms with van der Waals surface area (Å²) in [7, 11) is -9.96. The molecule has 0 aromatic rings. The molecule has 0 amide bonds. The van der Waals surface area contributed by atoms with Crippen LogP contribution in [0.15, 0.2) is 72.9 Å². The van der Waals surface area contributed by atoms with Crippen LogP contribution in [0.25, 0.3) is 0 Å². The first kappa shape index (κ1) is 98.5. The highest BCUT2D eigenvalue weighted by Gasteiger charge is 2.30. The predicted octanol–water partition coefficient (Wildman–Crippen LogP) is 24.0. The number of phosphoric ester groups is 2. The lowest BCUT2D eigenvalue weighted by atomic mass is 10.0. The molecule has 2 unspecified atom stereocenters. The van der Waals surface area contributed by atoms with Crippen LogP contribution in [0.2, 0.25) is 0 Å². The van der Waals surface area contributed by atoms with E-state index in [9.17, 15) is 43.2 Å². The van der Waals surface area contributed by atoms with Crippen LogP contribution in [0.4, 0.5) is 0 Å². The van der Waals surface area contributed by atoms with E-state index in [1.54, 1.807) is 0 Å². The molecule has 0 saturated carbocycles. The maximum atomic E-state index is 13.1. The predicted molar refractivity (Wildman–Crippen MR) is 418 cm³/mol. The van der Waals surface area contributed by atoms with Crippen molar-refractivity contribution in [3.05, 3.63) is 72.9 Å². The molecule has 0 rings (SSSR count). The molecule has 0 bridgehead atoms. The van der Waals surface area contributed by atoms with Crippen LogP contribution in [0.3, 0.4) is 0 Å². The normalized spacial score (nSPS) is 14.2. The van der Waals surface area contributed by atoms with Crippen LogP contribution < -0.4 is 0 Å². The summed E-state index contributed by atoms with van der Waals surface area (Å²) in [5, 5.41) is 10.6. The van der Waals surface area contributed by atoms with Crippen molar-refractivity contribution in [2.45, 2.75) is 393 Å². The number of ether oxygens (including phenoxy) is 4. The summed E-state index contributed by atoms with van der Waals surface area (Å²) in [5.74, 6) is -2.23. The number of phosphoric acid groups is 2. The molecular formula is C83H150O17P2. The molecule has 3 N–H and O–H groups in total. The Morgan fingerprint density at radius 1 is 0.284 bits per heavy atom. The molecule has 0 heterocycles. The quantitative estimate of drug-likeness (QED) is 0.0169. The highest BCUT2D eigenvalue weighted by molar-refractivity contribution is 7.47. The average molecular weight is 1480 g/mol. The Morgan fingerprint density at radius 3 is 0.784 bits per heavy atom. The van der Waals surface area contributed by atoms with Gasteiger partial charge >= 0.3 is 39.5 Å². The van der Waals surface area contributed by atoms with E-state index in [4.69, 9.17) is 37.0 Å². The standard InChI is InChI=1S/C83H150O17P2/c1-5-9-13-17-21-25-29-33-36-37-38-39-42-45-48-52-56-60-64-68-81(86)94-74-79(100-83(88)70-66-62-58-54-50-46-41-35-31-27-23-19-15-11-7-3)76-98-102(91,92)96-72-77(84)71-95-101(89,90)97-75-78(99-82(87)69-65-61-57-53-49-43-32-28-24-20-16-12-8-4)73-93-80(85)67-63-59-55-51-47-44-40-34-30-26-22-18-14-10-6-2/h9,13,21,25,33,36,38-39,45,48,56,60,77-79,84H,5-8,10-12,14-20,22-24,26-32,34-35,37,40-44,46-47,49-55,57-59,61-76H2,1-4H3,(H,89,90)(H,91,92)/b13-9-,25-21-,36-33-,39-38-,48-45-,60-56-/t77-,78+,79+/m0/s1. The SMILES string of the molecule is CC/C=C\C/C=C\C/C=C\C/C=C\C/C=C\C/C=C\CCC(=O)OC[C@H](COP(=O)(O)OC[C@@H](O)COP(=O)(O)OC[C@@H](COC(=O)CCCCCCCCCCCCCCCCC)OC(=O)CCCCCCCCCCCCCCC)OC(=O)CCCCCCCCCCCCCCCCC. The number of carbonyl (C=O) groups excluding carboxylic acids is 4. The number of rotatable bonds is 78. The smallest absolute Gasteiger partial charge is 0.462 e. The highest BCUT2D eigenvalue weighted by atomic mass is 31.2. The van der Waals surface area contributed by atoms with Gasteiger partial charge < -0.3 is 33.8 Å². The van der Waals surface area contributed by atoms with Crippen molar-refractivity contribution in [1.82, 2.24) is 0 Å². The van der Waals surface area contributed by atoms with Gasteiger partial charge in [-0.25, -0.2) is 9.13 Å². The van der Waals surface area contributed by atoms with Gasteiger partial charge in [0.15, 0.2) is 12.2 Å². The van der Waals surface area contributed by atoms with Crippen LogP contribution in [0.5, 0.6) is 0 Å². The van der Waals surface area contributed by atoms with Gasteiger partial charge in [0, 0.05) is 25.7 Å². The molecule has 0 aliphatic carbocycles. The van der Waals surface area contributed by atoms with E-state index in [0.717, 1.165) is 103 Å². The maximum absolute atomic E-state index is 13.1. The number of carbonyl (C=O) groups is 4. The summed E-state index contributed by atoms with van der Waals surface area (Å²) in [5.41, 5.74) is 0. The zero-order chi connectivity index (χ0) is 74.6. The Morgan fingerprint density at radius 2 is 0.510 bits per heavy atom. The number of hydrogen-bond donors (Lipinski definition) is 3. The van der Waals surface area contributed by atoms with Gasteiger partial charge in [0.1, 0.15) is 19.3 Å². The first-order valence-electron chi connectivity index (χ1n) is 41.2. The van der Waals surface area contributed by atoms with Gasteiger partial charge in [-0.2, -0.15) is 0 Å². The third-order valence-electron chi connectivity index (χ3n) is 17.7. The Balaban J connectivity index is 5.37. The molecule has 0 saturated heterocycles. The largest absolute Gasteiger partial charge is 0.472 e. The first-order chi connectivity index (χ1) is 49.7. The summed E-state index contributed by atoms with van der Waals surface area (Å²) in [4.78, 5) is 73.0. The molecule has 102 heavy (non-hydrogen) atoms. The molecule has 0 aliphatic rings. The fourth-order valence-electron chi connectivity index (χ4n) is 11.5. The van der Waals surface area contributed by atoms with Gasteiger partial charge in [0.25, 0.3) is 0 Å². The summed E-state index contributed by atoms with van der Waals surface area (Å²) < 4.78 is 68.6. The summed E-state index contributed by atoms with van der Waals surface area (Å²) in [6.45, 7) is 4.77. The van der Waals surface area contributed by atoms with Gasteiger partial charge in [0.2, 0.25) is 0 Å². The van der Waals surface area contributed by atoms with Gasteiger partial charge in [-0.05, 0) is 64.2 Å². The molecule has 594 valence electrons. The van der Waals surface area contributed by atoms with Crippen molar-refractivity contribution in [3.8, 4) is 0 Å². The third-order valence-corrected chi connectivity index (χ3v) is 19.6. The number of unbranched alkanes of at least 4 members (excludes halogenated alkanes) is 40. The maximum Gasteiger partial charge on any atom is 0.472 e. The van der Waals surface area contributed by atoms with Crippen LogP contribution in [-0.2, 0) is 65.4 Å². The molecule has 17 nitrogen and oxygen atoms in total. The van der Waals surface area contributed by atoms with E-state index in [2.05, 4.69) is 88.5 Å². The number of esters is 4. The Labute approximate surface area is 622 Å². The van der Waals surface area contributed by atoms with Crippen molar-refractivity contribution in [3.63, 3.8) is 0 Å². The van der Waals surface area contributed by atoms with Gasteiger partial charge in [0.05, 0.1) is 26.4 Å². The van der Waals surface area contributed by atoms with Crippen LogP contribution in [-0.4, -0.2) is 96.7 Å². The minimum atomic E-state index is -4.99. The Kier molecular flexibility index (Phi) is 73.1. The molecule has 5 atom stereocenters. The number of aliphatic hydroxyl groups excluding tert-OH is 1. The monoisotopic (exact) mass is 1480 g/mol. The summed E-state index contributed by atoms with van der Waals surface area (Å²) >= 11 is 0. The van der Waals surface area contributed by atoms with Crippen LogP contribution in [0, 0.1) is 0 Å². The third kappa shape index (κ3) is 74.8. The fourth-order valence-corrected chi connectivity index (χ4v) is 13.1. The molecule has 0 fully saturated rings. The molecule has 0 aromatic carbocycles. The molecule has 0 aliphatic heterocycles. The van der Waals surface area contributed by atoms with Gasteiger partial charge in [-0.3, -0.25) is 37.3 Å². The average Bonchev–Trinajstić information content (AvgIpc) is 0.924. The van der Waals surface area contributed by atoms with Crippen molar-refractivity contribution in [1.29, 1.82) is 0 Å². The van der Waals surface area contributed by atoms with Gasteiger partial charge in [-0.1, -0.05) is 357 Å². The fraction of sp³-hybridized carbons (Fsp3) is 0.807. The second-order valence-electron chi connectivity index (χ2n) is 27.7.